The number of hydrogen-bond acceptors (Lipinski definition) is 1. The average molecular weight is 245 g/mol. The Bertz CT molecular complexity index is 611. The molecule has 2 aromatic rings. The van der Waals surface area contributed by atoms with Crippen molar-refractivity contribution in [3.63, 3.8) is 0 Å². The van der Waals surface area contributed by atoms with Crippen LogP contribution in [0.15, 0.2) is 48.0 Å². The topological polar surface area (TPSA) is 17.1 Å². The van der Waals surface area contributed by atoms with E-state index in [1.807, 2.05) is 25.1 Å². The van der Waals surface area contributed by atoms with Crippen LogP contribution < -0.4 is 0 Å². The highest BCUT2D eigenvalue weighted by Crippen LogP contribution is 2.23. The van der Waals surface area contributed by atoms with Crippen LogP contribution in [0.3, 0.4) is 0 Å². The molecule has 0 fully saturated rings. The maximum absolute atomic E-state index is 11.1. The molecule has 0 radical (unpaired) electrons. The second-order valence-electron chi connectivity index (χ2n) is 4.09. The Balaban J connectivity index is 2.57. The SMILES string of the molecule is CC(C(=O)Cl)=C(C)c1ccc2ccccc2c1. The zero-order valence-electron chi connectivity index (χ0n) is 9.83. The molecule has 17 heavy (non-hydrogen) atoms. The van der Waals surface area contributed by atoms with E-state index in [0.717, 1.165) is 11.1 Å². The monoisotopic (exact) mass is 244 g/mol. The molecule has 0 aliphatic rings. The van der Waals surface area contributed by atoms with E-state index in [1.54, 1.807) is 6.92 Å². The van der Waals surface area contributed by atoms with Gasteiger partial charge >= 0.3 is 0 Å². The molecule has 0 aliphatic heterocycles. The number of allylic oxidation sites excluding steroid dienone is 2. The molecule has 0 unspecified atom stereocenters. The molecule has 1 nitrogen and oxygen atoms in total. The van der Waals surface area contributed by atoms with E-state index in [1.165, 1.54) is 10.8 Å². The van der Waals surface area contributed by atoms with Crippen LogP contribution in [0.2, 0.25) is 0 Å². The summed E-state index contributed by atoms with van der Waals surface area (Å²) in [7, 11) is 0. The summed E-state index contributed by atoms with van der Waals surface area (Å²) in [5.41, 5.74) is 2.56. The molecule has 0 bridgehead atoms. The molecule has 2 aromatic carbocycles. The van der Waals surface area contributed by atoms with Crippen molar-refractivity contribution in [2.45, 2.75) is 13.8 Å². The zero-order chi connectivity index (χ0) is 12.4. The number of carbonyl (C=O) groups excluding carboxylic acids is 1. The first-order valence-corrected chi connectivity index (χ1v) is 5.84. The fraction of sp³-hybridized carbons (Fsp3) is 0.133. The number of rotatable bonds is 2. The van der Waals surface area contributed by atoms with Crippen molar-refractivity contribution >= 4 is 33.2 Å². The molecule has 2 heteroatoms. The zero-order valence-corrected chi connectivity index (χ0v) is 10.6. The minimum atomic E-state index is -0.393. The summed E-state index contributed by atoms with van der Waals surface area (Å²) in [6.45, 7) is 3.67. The Hall–Kier alpha value is -1.60. The smallest absolute Gasteiger partial charge is 0.248 e. The van der Waals surface area contributed by atoms with Gasteiger partial charge in [0.25, 0.3) is 0 Å². The van der Waals surface area contributed by atoms with E-state index >= 15 is 0 Å². The van der Waals surface area contributed by atoms with E-state index in [2.05, 4.69) is 24.3 Å². The number of halogens is 1. The molecule has 0 amide bonds. The van der Waals surface area contributed by atoms with Gasteiger partial charge in [0.2, 0.25) is 5.24 Å². The predicted molar refractivity (Wildman–Crippen MR) is 73.1 cm³/mol. The second-order valence-corrected chi connectivity index (χ2v) is 4.43. The fourth-order valence-electron chi connectivity index (χ4n) is 1.79. The Morgan fingerprint density at radius 3 is 2.29 bits per heavy atom. The van der Waals surface area contributed by atoms with Crippen molar-refractivity contribution < 1.29 is 4.79 Å². The number of carbonyl (C=O) groups is 1. The highest BCUT2D eigenvalue weighted by molar-refractivity contribution is 6.68. The maximum atomic E-state index is 11.1. The van der Waals surface area contributed by atoms with E-state index in [9.17, 15) is 4.79 Å². The Labute approximate surface area is 106 Å². The van der Waals surface area contributed by atoms with Gasteiger partial charge in [0.15, 0.2) is 0 Å². The Morgan fingerprint density at radius 1 is 1.00 bits per heavy atom. The van der Waals surface area contributed by atoms with E-state index in [0.29, 0.717) is 5.57 Å². The summed E-state index contributed by atoms with van der Waals surface area (Å²) < 4.78 is 0. The molecule has 0 aliphatic carbocycles. The molecule has 0 spiro atoms. The van der Waals surface area contributed by atoms with Crippen molar-refractivity contribution in [2.24, 2.45) is 0 Å². The van der Waals surface area contributed by atoms with Gasteiger partial charge in [-0.05, 0) is 53.4 Å². The van der Waals surface area contributed by atoms with Gasteiger partial charge in [-0.2, -0.15) is 0 Å². The molecule has 0 saturated heterocycles. The maximum Gasteiger partial charge on any atom is 0.248 e. The minimum Gasteiger partial charge on any atom is -0.276 e. The molecule has 2 rings (SSSR count). The first-order chi connectivity index (χ1) is 8.09. The molecule has 0 saturated carbocycles. The number of hydrogen-bond donors (Lipinski definition) is 0. The third-order valence-electron chi connectivity index (χ3n) is 3.04. The van der Waals surface area contributed by atoms with Crippen molar-refractivity contribution in [1.29, 1.82) is 0 Å². The van der Waals surface area contributed by atoms with Crippen molar-refractivity contribution in [3.05, 3.63) is 53.6 Å². The van der Waals surface area contributed by atoms with E-state index < -0.39 is 5.24 Å². The third-order valence-corrected chi connectivity index (χ3v) is 3.32. The van der Waals surface area contributed by atoms with Gasteiger partial charge in [0.05, 0.1) is 0 Å². The van der Waals surface area contributed by atoms with Gasteiger partial charge in [-0.3, -0.25) is 4.79 Å². The average Bonchev–Trinajstić information content (AvgIpc) is 2.36. The Kier molecular flexibility index (Phi) is 3.30. The minimum absolute atomic E-state index is 0.393. The molecule has 86 valence electrons. The van der Waals surface area contributed by atoms with Gasteiger partial charge < -0.3 is 0 Å². The van der Waals surface area contributed by atoms with Crippen LogP contribution in [0.4, 0.5) is 0 Å². The van der Waals surface area contributed by atoms with Crippen molar-refractivity contribution in [3.8, 4) is 0 Å². The standard InChI is InChI=1S/C15H13ClO/c1-10(11(2)15(16)17)13-8-7-12-5-3-4-6-14(12)9-13/h3-9H,1-2H3. The summed E-state index contributed by atoms with van der Waals surface area (Å²) in [6.07, 6.45) is 0. The molecular formula is C15H13ClO. The van der Waals surface area contributed by atoms with Crippen LogP contribution in [0.25, 0.3) is 16.3 Å². The lowest BCUT2D eigenvalue weighted by atomic mass is 9.99. The predicted octanol–water partition coefficient (Wildman–Crippen LogP) is 4.40. The van der Waals surface area contributed by atoms with Crippen LogP contribution in [-0.4, -0.2) is 5.24 Å². The van der Waals surface area contributed by atoms with Crippen molar-refractivity contribution in [2.75, 3.05) is 0 Å². The van der Waals surface area contributed by atoms with E-state index in [4.69, 9.17) is 11.6 Å². The van der Waals surface area contributed by atoms with Crippen molar-refractivity contribution in [1.82, 2.24) is 0 Å². The van der Waals surface area contributed by atoms with E-state index in [-0.39, 0.29) is 0 Å². The van der Waals surface area contributed by atoms with Crippen LogP contribution in [-0.2, 0) is 4.79 Å². The van der Waals surface area contributed by atoms with Gasteiger partial charge in [-0.25, -0.2) is 0 Å². The van der Waals surface area contributed by atoms with Gasteiger partial charge in [0.1, 0.15) is 0 Å². The summed E-state index contributed by atoms with van der Waals surface area (Å²) >= 11 is 5.49. The lowest BCUT2D eigenvalue weighted by Crippen LogP contribution is -1.92. The number of benzene rings is 2. The third kappa shape index (κ3) is 2.40. The highest BCUT2D eigenvalue weighted by atomic mass is 35.5. The lowest BCUT2D eigenvalue weighted by Gasteiger charge is -2.06. The molecular weight excluding hydrogens is 232 g/mol. The van der Waals surface area contributed by atoms with Crippen LogP contribution in [0.5, 0.6) is 0 Å². The van der Waals surface area contributed by atoms with Gasteiger partial charge in [0, 0.05) is 5.57 Å². The first-order valence-electron chi connectivity index (χ1n) is 5.46. The quantitative estimate of drug-likeness (QED) is 0.565. The van der Waals surface area contributed by atoms with Crippen LogP contribution in [0, 0.1) is 0 Å². The highest BCUT2D eigenvalue weighted by Gasteiger charge is 2.06. The lowest BCUT2D eigenvalue weighted by molar-refractivity contribution is -0.108. The summed E-state index contributed by atoms with van der Waals surface area (Å²) in [4.78, 5) is 11.1. The van der Waals surface area contributed by atoms with Gasteiger partial charge in [-0.1, -0.05) is 36.4 Å². The Morgan fingerprint density at radius 2 is 1.65 bits per heavy atom. The summed E-state index contributed by atoms with van der Waals surface area (Å²) in [5, 5.41) is 1.97. The molecule has 0 atom stereocenters. The number of fused-ring (bicyclic) bond motifs is 1. The van der Waals surface area contributed by atoms with Crippen LogP contribution >= 0.6 is 11.6 Å². The molecule has 0 heterocycles. The van der Waals surface area contributed by atoms with Gasteiger partial charge in [-0.15, -0.1) is 0 Å². The summed E-state index contributed by atoms with van der Waals surface area (Å²) in [6, 6.07) is 14.3. The normalized spacial score (nSPS) is 12.4. The first kappa shape index (κ1) is 11.9. The molecule has 0 aromatic heterocycles. The summed E-state index contributed by atoms with van der Waals surface area (Å²) in [5.74, 6) is 0. The molecule has 0 N–H and O–H groups in total. The van der Waals surface area contributed by atoms with Crippen LogP contribution in [0.1, 0.15) is 19.4 Å². The largest absolute Gasteiger partial charge is 0.276 e. The fourth-order valence-corrected chi connectivity index (χ4v) is 1.93. The second kappa shape index (κ2) is 4.72.